The van der Waals surface area contributed by atoms with E-state index < -0.39 is 64.6 Å². The van der Waals surface area contributed by atoms with Gasteiger partial charge >= 0.3 is 11.9 Å². The van der Waals surface area contributed by atoms with Gasteiger partial charge in [0.1, 0.15) is 24.0 Å². The van der Waals surface area contributed by atoms with Gasteiger partial charge < -0.3 is 30.3 Å². The van der Waals surface area contributed by atoms with Gasteiger partial charge in [0.15, 0.2) is 40.3 Å². The summed E-state index contributed by atoms with van der Waals surface area (Å²) in [7, 11) is 1.14. The van der Waals surface area contributed by atoms with Crippen LogP contribution in [0.5, 0.6) is 11.5 Å². The topological polar surface area (TPSA) is 238 Å². The molecule has 6 aromatic rings. The largest absolute Gasteiger partial charge is 0.493 e. The molecule has 0 aliphatic heterocycles. The van der Waals surface area contributed by atoms with Crippen LogP contribution in [0, 0.1) is 11.6 Å². The highest BCUT2D eigenvalue weighted by Gasteiger charge is 2.27. The molecule has 0 aliphatic rings. The first-order valence-electron chi connectivity index (χ1n) is 15.1. The van der Waals surface area contributed by atoms with Gasteiger partial charge in [0.2, 0.25) is 0 Å². The van der Waals surface area contributed by atoms with Crippen molar-refractivity contribution in [1.82, 2.24) is 39.5 Å². The molecule has 0 saturated carbocycles. The van der Waals surface area contributed by atoms with Gasteiger partial charge in [-0.3, -0.25) is 18.7 Å². The lowest BCUT2D eigenvalue weighted by Crippen LogP contribution is -2.19. The van der Waals surface area contributed by atoms with E-state index in [2.05, 4.69) is 41.0 Å². The average Bonchev–Trinajstić information content (AvgIpc) is 3.89. The van der Waals surface area contributed by atoms with E-state index in [1.165, 1.54) is 53.9 Å². The minimum atomic E-state index is -1.76. The van der Waals surface area contributed by atoms with Crippen LogP contribution in [0.1, 0.15) is 47.3 Å². The molecule has 0 atom stereocenters. The van der Waals surface area contributed by atoms with Crippen LogP contribution in [-0.2, 0) is 6.42 Å². The number of nitrogens with zero attached hydrogens (tertiary/aromatic N) is 8. The minimum absolute atomic E-state index is 0.145. The minimum Gasteiger partial charge on any atom is -0.493 e. The van der Waals surface area contributed by atoms with Crippen molar-refractivity contribution in [3.63, 3.8) is 0 Å². The van der Waals surface area contributed by atoms with Crippen molar-refractivity contribution < 1.29 is 47.6 Å². The summed E-state index contributed by atoms with van der Waals surface area (Å²) in [4.78, 5) is 57.7. The van der Waals surface area contributed by atoms with E-state index in [1.807, 2.05) is 0 Å². The molecule has 2 aromatic carbocycles. The predicted octanol–water partition coefficient (Wildman–Crippen LogP) is 3.45. The molecule has 0 bridgehead atoms. The number of amides is 2. The van der Waals surface area contributed by atoms with Gasteiger partial charge in [-0.1, -0.05) is 0 Å². The number of ether oxygens (including phenoxy) is 2. The third-order valence-corrected chi connectivity index (χ3v) is 7.46. The Balaban J connectivity index is 1.18. The second-order valence-corrected chi connectivity index (χ2v) is 10.7. The number of carbonyl (C=O) groups is 4. The first-order chi connectivity index (χ1) is 25.5. The Labute approximate surface area is 295 Å². The SMILES string of the molecule is COc1cc(NC(=O)c2ccc(-n3ccnc3)nn2)c(C(=O)O)c(F)c1OCCc1cc(NC(=O)c2ccc(-n3ccnc3)nn2)c(C(=O)O)cc1F. The van der Waals surface area contributed by atoms with Crippen LogP contribution in [-0.4, -0.2) is 87.2 Å². The van der Waals surface area contributed by atoms with Crippen LogP contribution < -0.4 is 20.1 Å². The van der Waals surface area contributed by atoms with Crippen molar-refractivity contribution in [1.29, 1.82) is 0 Å². The third kappa shape index (κ3) is 7.60. The van der Waals surface area contributed by atoms with Crippen molar-refractivity contribution in [2.75, 3.05) is 24.4 Å². The first-order valence-corrected chi connectivity index (χ1v) is 15.1. The van der Waals surface area contributed by atoms with Crippen LogP contribution in [0.4, 0.5) is 20.2 Å². The maximum atomic E-state index is 15.7. The molecule has 0 saturated heterocycles. The highest BCUT2D eigenvalue weighted by molar-refractivity contribution is 6.08. The summed E-state index contributed by atoms with van der Waals surface area (Å²) in [6, 6.07) is 8.38. The molecule has 53 heavy (non-hydrogen) atoms. The fourth-order valence-corrected chi connectivity index (χ4v) is 4.89. The number of carboxylic acids is 2. The fourth-order valence-electron chi connectivity index (χ4n) is 4.89. The molecule has 0 fully saturated rings. The van der Waals surface area contributed by atoms with Gasteiger partial charge in [-0.15, -0.1) is 20.4 Å². The zero-order valence-electron chi connectivity index (χ0n) is 27.1. The van der Waals surface area contributed by atoms with Crippen LogP contribution >= 0.6 is 0 Å². The fraction of sp³-hybridized carbons (Fsp3) is 0.0909. The van der Waals surface area contributed by atoms with Gasteiger partial charge in [-0.25, -0.2) is 28.3 Å². The molecule has 4 N–H and O–H groups in total. The van der Waals surface area contributed by atoms with Crippen LogP contribution in [0.15, 0.2) is 79.9 Å². The van der Waals surface area contributed by atoms with E-state index in [0.29, 0.717) is 17.7 Å². The maximum absolute atomic E-state index is 15.7. The van der Waals surface area contributed by atoms with Crippen molar-refractivity contribution in [2.24, 2.45) is 0 Å². The zero-order chi connectivity index (χ0) is 37.6. The lowest BCUT2D eigenvalue weighted by Gasteiger charge is -2.17. The second-order valence-electron chi connectivity index (χ2n) is 10.7. The number of hydrogen-bond donors (Lipinski definition) is 4. The first kappa shape index (κ1) is 35.2. The molecule has 268 valence electrons. The van der Waals surface area contributed by atoms with Gasteiger partial charge in [0.25, 0.3) is 11.8 Å². The van der Waals surface area contributed by atoms with E-state index in [9.17, 15) is 29.4 Å². The Morgan fingerprint density at radius 3 is 1.83 bits per heavy atom. The summed E-state index contributed by atoms with van der Waals surface area (Å²) >= 11 is 0. The monoisotopic (exact) mass is 726 g/mol. The number of aromatic carboxylic acids is 2. The number of anilines is 2. The van der Waals surface area contributed by atoms with Crippen molar-refractivity contribution in [2.45, 2.75) is 6.42 Å². The number of halogens is 2. The summed E-state index contributed by atoms with van der Waals surface area (Å²) in [5.41, 5.74) is -2.84. The van der Waals surface area contributed by atoms with E-state index in [0.717, 1.165) is 19.2 Å². The Morgan fingerprint density at radius 2 is 1.36 bits per heavy atom. The number of hydrogen-bond acceptors (Lipinski definition) is 12. The van der Waals surface area contributed by atoms with Crippen molar-refractivity contribution in [3.05, 3.63) is 120 Å². The molecular weight excluding hydrogens is 702 g/mol. The Kier molecular flexibility index (Phi) is 10.0. The summed E-state index contributed by atoms with van der Waals surface area (Å²) in [5.74, 6) is -7.72. The molecule has 4 aromatic heterocycles. The Bertz CT molecular complexity index is 2320. The summed E-state index contributed by atoms with van der Waals surface area (Å²) in [5, 5.41) is 39.7. The Hall–Kier alpha value is -7.64. The molecule has 4 heterocycles. The van der Waals surface area contributed by atoms with Crippen LogP contribution in [0.25, 0.3) is 11.6 Å². The number of methoxy groups -OCH3 is 1. The standard InChI is InChI=1S/C33H24F2N10O8/c1-52-24-14-23(39-31(47)21-3-5-26(43-41-21)45-10-8-37-16-45)27(33(50)51)28(35)29(24)53-11-6-17-12-22(18(32(48)49)13-19(17)34)38-30(46)20-2-4-25(42-40-20)44-9-7-36-15-44/h2-5,7-10,12-16H,6,11H2,1H3,(H,38,46)(H,39,47)(H,48,49)(H,50,51). The number of carbonyl (C=O) groups excluding carboxylic acids is 2. The summed E-state index contributed by atoms with van der Waals surface area (Å²) in [6.45, 7) is -0.477. The number of rotatable bonds is 13. The summed E-state index contributed by atoms with van der Waals surface area (Å²) < 4.78 is 44.6. The number of imidazole rings is 2. The lowest BCUT2D eigenvalue weighted by atomic mass is 10.1. The lowest BCUT2D eigenvalue weighted by molar-refractivity contribution is 0.0683. The molecule has 0 spiro atoms. The van der Waals surface area contributed by atoms with Crippen LogP contribution in [0.3, 0.4) is 0 Å². The van der Waals surface area contributed by atoms with E-state index in [-0.39, 0.29) is 34.8 Å². The van der Waals surface area contributed by atoms with E-state index in [4.69, 9.17) is 9.47 Å². The van der Waals surface area contributed by atoms with Gasteiger partial charge in [0.05, 0.1) is 30.7 Å². The van der Waals surface area contributed by atoms with Gasteiger partial charge in [-0.05, 0) is 42.0 Å². The summed E-state index contributed by atoms with van der Waals surface area (Å²) in [6.07, 6.45) is 8.87. The molecule has 0 unspecified atom stereocenters. The molecule has 2 amide bonds. The molecule has 18 nitrogen and oxygen atoms in total. The number of aromatic nitrogens is 8. The molecule has 0 aliphatic carbocycles. The van der Waals surface area contributed by atoms with Crippen LogP contribution in [0.2, 0.25) is 0 Å². The Morgan fingerprint density at radius 1 is 0.774 bits per heavy atom. The molecule has 6 rings (SSSR count). The highest BCUT2D eigenvalue weighted by Crippen LogP contribution is 2.38. The third-order valence-electron chi connectivity index (χ3n) is 7.46. The van der Waals surface area contributed by atoms with Gasteiger partial charge in [-0.2, -0.15) is 0 Å². The zero-order valence-corrected chi connectivity index (χ0v) is 27.1. The molecule has 20 heteroatoms. The van der Waals surface area contributed by atoms with Gasteiger partial charge in [0, 0.05) is 37.3 Å². The molecular formula is C33H24F2N10O8. The van der Waals surface area contributed by atoms with E-state index in [1.54, 1.807) is 17.0 Å². The molecule has 0 radical (unpaired) electrons. The number of carboxylic acid groups (broad SMARTS) is 2. The van der Waals surface area contributed by atoms with E-state index >= 15 is 8.78 Å². The normalized spacial score (nSPS) is 10.8. The smallest absolute Gasteiger partial charge is 0.340 e. The highest BCUT2D eigenvalue weighted by atomic mass is 19.1. The predicted molar refractivity (Wildman–Crippen MR) is 177 cm³/mol. The second kappa shape index (κ2) is 15.1. The quantitative estimate of drug-likeness (QED) is 0.133. The average molecular weight is 727 g/mol. The van der Waals surface area contributed by atoms with Crippen molar-refractivity contribution in [3.8, 4) is 23.1 Å². The van der Waals surface area contributed by atoms with Crippen molar-refractivity contribution >= 4 is 35.1 Å². The number of nitrogens with one attached hydrogen (secondary N) is 2. The maximum Gasteiger partial charge on any atom is 0.340 e. The number of benzene rings is 2.